The summed E-state index contributed by atoms with van der Waals surface area (Å²) < 4.78 is 49.6. The van der Waals surface area contributed by atoms with Crippen LogP contribution >= 0.6 is 11.7 Å². The van der Waals surface area contributed by atoms with E-state index in [-0.39, 0.29) is 16.8 Å². The molecule has 0 saturated carbocycles. The maximum absolute atomic E-state index is 13.5. The van der Waals surface area contributed by atoms with Gasteiger partial charge in [0.05, 0.1) is 17.8 Å². The first-order valence-corrected chi connectivity index (χ1v) is 9.73. The van der Waals surface area contributed by atoms with Crippen LogP contribution in [0.3, 0.4) is 0 Å². The van der Waals surface area contributed by atoms with Crippen LogP contribution in [0.5, 0.6) is 0 Å². The van der Waals surface area contributed by atoms with E-state index in [1.54, 1.807) is 30.3 Å². The summed E-state index contributed by atoms with van der Waals surface area (Å²) in [6, 6.07) is 10.8. The van der Waals surface area contributed by atoms with Crippen molar-refractivity contribution in [1.82, 2.24) is 13.1 Å². The van der Waals surface area contributed by atoms with Crippen molar-refractivity contribution in [1.29, 1.82) is 0 Å². The van der Waals surface area contributed by atoms with E-state index in [0.717, 1.165) is 18.1 Å². The number of benzene rings is 2. The highest BCUT2D eigenvalue weighted by atomic mass is 32.2. The predicted octanol–water partition coefficient (Wildman–Crippen LogP) is 3.36. The highest BCUT2D eigenvalue weighted by molar-refractivity contribution is 7.89. The molecule has 1 aliphatic rings. The fourth-order valence-electron chi connectivity index (χ4n) is 3.19. The minimum Gasteiger partial charge on any atom is -0.207 e. The fraction of sp³-hybridized carbons (Fsp3) is 0.250. The Labute approximate surface area is 143 Å². The summed E-state index contributed by atoms with van der Waals surface area (Å²) in [6.07, 6.45) is 1.42. The van der Waals surface area contributed by atoms with Crippen LogP contribution in [0.4, 0.5) is 4.39 Å². The van der Waals surface area contributed by atoms with Crippen molar-refractivity contribution >= 4 is 32.8 Å². The molecule has 124 valence electrons. The van der Waals surface area contributed by atoms with Crippen molar-refractivity contribution in [3.63, 3.8) is 0 Å². The molecule has 1 aromatic heterocycles. The smallest absolute Gasteiger partial charge is 0.207 e. The zero-order valence-corrected chi connectivity index (χ0v) is 14.2. The number of fused-ring (bicyclic) bond motifs is 1. The molecule has 5 nitrogen and oxygen atoms in total. The van der Waals surface area contributed by atoms with Gasteiger partial charge in [-0.25, -0.2) is 12.8 Å². The van der Waals surface area contributed by atoms with Gasteiger partial charge in [0.2, 0.25) is 10.0 Å². The summed E-state index contributed by atoms with van der Waals surface area (Å²) in [5, 5.41) is 0. The van der Waals surface area contributed by atoms with Crippen LogP contribution < -0.4 is 0 Å². The van der Waals surface area contributed by atoms with Crippen molar-refractivity contribution in [2.45, 2.75) is 23.8 Å². The van der Waals surface area contributed by atoms with E-state index >= 15 is 0 Å². The molecule has 4 rings (SSSR count). The van der Waals surface area contributed by atoms with E-state index in [1.165, 1.54) is 16.4 Å². The molecule has 1 aliphatic heterocycles. The number of aromatic nitrogens is 2. The number of nitrogens with zero attached hydrogens (tertiary/aromatic N) is 3. The van der Waals surface area contributed by atoms with Crippen molar-refractivity contribution in [3.8, 4) is 0 Å². The summed E-state index contributed by atoms with van der Waals surface area (Å²) in [5.41, 5.74) is 1.65. The lowest BCUT2D eigenvalue weighted by Crippen LogP contribution is -2.31. The predicted molar refractivity (Wildman–Crippen MR) is 89.7 cm³/mol. The minimum absolute atomic E-state index is 0.164. The number of rotatable bonds is 3. The average Bonchev–Trinajstić information content (AvgIpc) is 3.23. The van der Waals surface area contributed by atoms with Gasteiger partial charge in [-0.1, -0.05) is 18.2 Å². The normalized spacial score (nSPS) is 19.1. The fourth-order valence-corrected chi connectivity index (χ4v) is 5.63. The second-order valence-electron chi connectivity index (χ2n) is 5.72. The molecule has 2 heterocycles. The molecule has 0 amide bonds. The van der Waals surface area contributed by atoms with Crippen LogP contribution in [0.1, 0.15) is 24.4 Å². The topological polar surface area (TPSA) is 63.2 Å². The Balaban J connectivity index is 1.80. The first kappa shape index (κ1) is 15.6. The van der Waals surface area contributed by atoms with Gasteiger partial charge >= 0.3 is 0 Å². The SMILES string of the molecule is O=S(=O)(c1cccc2nsnc12)N1CCCC1c1cccc(F)c1. The van der Waals surface area contributed by atoms with Crippen LogP contribution in [0.25, 0.3) is 11.0 Å². The summed E-state index contributed by atoms with van der Waals surface area (Å²) >= 11 is 0.992. The van der Waals surface area contributed by atoms with Gasteiger partial charge < -0.3 is 0 Å². The molecule has 0 aliphatic carbocycles. The van der Waals surface area contributed by atoms with E-state index in [9.17, 15) is 12.8 Å². The highest BCUT2D eigenvalue weighted by Gasteiger charge is 2.37. The van der Waals surface area contributed by atoms with E-state index < -0.39 is 10.0 Å². The van der Waals surface area contributed by atoms with Gasteiger partial charge in [0, 0.05) is 6.54 Å². The van der Waals surface area contributed by atoms with Gasteiger partial charge in [-0.05, 0) is 42.7 Å². The second-order valence-corrected chi connectivity index (χ2v) is 8.10. The van der Waals surface area contributed by atoms with Crippen LogP contribution in [0, 0.1) is 5.82 Å². The van der Waals surface area contributed by atoms with E-state index in [2.05, 4.69) is 8.75 Å². The Kier molecular flexibility index (Phi) is 3.82. The summed E-state index contributed by atoms with van der Waals surface area (Å²) in [4.78, 5) is 0.164. The molecular formula is C16H14FN3O2S2. The molecule has 3 aromatic rings. The third kappa shape index (κ3) is 2.51. The Hall–Kier alpha value is -1.90. The lowest BCUT2D eigenvalue weighted by Gasteiger charge is -2.24. The van der Waals surface area contributed by atoms with Crippen LogP contribution in [0.2, 0.25) is 0 Å². The monoisotopic (exact) mass is 363 g/mol. The summed E-state index contributed by atoms with van der Waals surface area (Å²) in [5.74, 6) is -0.359. The molecule has 1 saturated heterocycles. The molecular weight excluding hydrogens is 349 g/mol. The first-order valence-electron chi connectivity index (χ1n) is 7.56. The average molecular weight is 363 g/mol. The van der Waals surface area contributed by atoms with Crippen molar-refractivity contribution < 1.29 is 12.8 Å². The molecule has 8 heteroatoms. The Morgan fingerprint density at radius 3 is 2.83 bits per heavy atom. The zero-order chi connectivity index (χ0) is 16.7. The number of hydrogen-bond acceptors (Lipinski definition) is 5. The number of sulfonamides is 1. The molecule has 0 bridgehead atoms. The van der Waals surface area contributed by atoms with Gasteiger partial charge in [-0.2, -0.15) is 13.1 Å². The van der Waals surface area contributed by atoms with Crippen LogP contribution in [0.15, 0.2) is 47.4 Å². The molecule has 1 unspecified atom stereocenters. The molecule has 1 atom stereocenters. The van der Waals surface area contributed by atoms with Crippen LogP contribution in [-0.2, 0) is 10.0 Å². The third-order valence-electron chi connectivity index (χ3n) is 4.27. The number of hydrogen-bond donors (Lipinski definition) is 0. The molecule has 0 radical (unpaired) electrons. The zero-order valence-electron chi connectivity index (χ0n) is 12.6. The van der Waals surface area contributed by atoms with E-state index in [1.807, 2.05) is 0 Å². The van der Waals surface area contributed by atoms with Gasteiger partial charge in [0.25, 0.3) is 0 Å². The third-order valence-corrected chi connectivity index (χ3v) is 6.76. The largest absolute Gasteiger partial charge is 0.245 e. The molecule has 0 N–H and O–H groups in total. The van der Waals surface area contributed by atoms with Gasteiger partial charge in [-0.3, -0.25) is 0 Å². The molecule has 24 heavy (non-hydrogen) atoms. The maximum Gasteiger partial charge on any atom is 0.245 e. The van der Waals surface area contributed by atoms with Crippen LogP contribution in [-0.4, -0.2) is 28.0 Å². The van der Waals surface area contributed by atoms with Gasteiger partial charge in [0.1, 0.15) is 21.7 Å². The maximum atomic E-state index is 13.5. The van der Waals surface area contributed by atoms with Crippen molar-refractivity contribution in [2.75, 3.05) is 6.54 Å². The summed E-state index contributed by atoms with van der Waals surface area (Å²) in [7, 11) is -3.73. The van der Waals surface area contributed by atoms with E-state index in [0.29, 0.717) is 29.6 Å². The second kappa shape index (κ2) is 5.87. The van der Waals surface area contributed by atoms with Gasteiger partial charge in [-0.15, -0.1) is 0 Å². The Morgan fingerprint density at radius 1 is 1.17 bits per heavy atom. The van der Waals surface area contributed by atoms with Gasteiger partial charge in [0.15, 0.2) is 0 Å². The lowest BCUT2D eigenvalue weighted by atomic mass is 10.1. The van der Waals surface area contributed by atoms with Crippen molar-refractivity contribution in [2.24, 2.45) is 0 Å². The molecule has 1 fully saturated rings. The van der Waals surface area contributed by atoms with Crippen molar-refractivity contribution in [3.05, 3.63) is 53.8 Å². The highest BCUT2D eigenvalue weighted by Crippen LogP contribution is 2.37. The quantitative estimate of drug-likeness (QED) is 0.716. The molecule has 2 aromatic carbocycles. The van der Waals surface area contributed by atoms with E-state index in [4.69, 9.17) is 0 Å². The number of halogens is 1. The lowest BCUT2D eigenvalue weighted by molar-refractivity contribution is 0.396. The molecule has 0 spiro atoms. The first-order chi connectivity index (χ1) is 11.6. The Morgan fingerprint density at radius 2 is 2.00 bits per heavy atom. The summed E-state index contributed by atoms with van der Waals surface area (Å²) in [6.45, 7) is 0.414. The standard InChI is InChI=1S/C16H14FN3O2S2/c17-12-5-1-4-11(10-12)14-7-3-9-20(14)24(21,22)15-8-2-6-13-16(15)19-23-18-13/h1-2,4-6,8,10,14H,3,7,9H2. The Bertz CT molecular complexity index is 1000. The minimum atomic E-state index is -3.73.